The zero-order chi connectivity index (χ0) is 12.9. The molecule has 0 atom stereocenters. The van der Waals surface area contributed by atoms with Gasteiger partial charge in [-0.3, -0.25) is 0 Å². The third-order valence-corrected chi connectivity index (χ3v) is 1.69. The Morgan fingerprint density at radius 3 is 1.00 bits per heavy atom. The minimum absolute atomic E-state index is 0.472. The Hall–Kier alpha value is -0.552. The fourth-order valence-corrected chi connectivity index (χ4v) is 0.956. The van der Waals surface area contributed by atoms with Crippen LogP contribution in [0.1, 0.15) is 11.1 Å². The Kier molecular flexibility index (Phi) is 11.5. The fourth-order valence-electron chi connectivity index (χ4n) is 0.956. The molecular weight excluding hydrogens is 434 g/mol. The molecule has 0 spiro atoms. The van der Waals surface area contributed by atoms with E-state index in [9.17, 15) is 0 Å². The van der Waals surface area contributed by atoms with E-state index in [1.165, 1.54) is 0 Å². The van der Waals surface area contributed by atoms with E-state index in [0.29, 0.717) is 0 Å². The van der Waals surface area contributed by atoms with E-state index < -0.39 is 16.5 Å². The van der Waals surface area contributed by atoms with Crippen LogP contribution in [0, 0.1) is 13.8 Å². The van der Waals surface area contributed by atoms with Gasteiger partial charge in [0.05, 0.1) is 0 Å². The maximum absolute atomic E-state index is 4.88. The number of halogens is 2. The van der Waals surface area contributed by atoms with Gasteiger partial charge in [0.25, 0.3) is 0 Å². The molecule has 2 aromatic rings. The first kappa shape index (κ1) is 16.4. The van der Waals surface area contributed by atoms with E-state index in [1.807, 2.05) is 60.7 Å². The van der Waals surface area contributed by atoms with Gasteiger partial charge in [-0.1, -0.05) is 12.1 Å². The van der Waals surface area contributed by atoms with Crippen LogP contribution in [0.3, 0.4) is 0 Å². The van der Waals surface area contributed by atoms with Gasteiger partial charge >= 0.3 is 35.3 Å². The molecular formula is C14H14Cl2Pt. The fraction of sp³-hybridized carbons (Fsp3) is 0. The second kappa shape index (κ2) is 11.9. The Bertz CT molecular complexity index is 325. The van der Waals surface area contributed by atoms with Crippen LogP contribution >= 0.6 is 18.8 Å². The predicted octanol–water partition coefficient (Wildman–Crippen LogP) is 5.11. The van der Waals surface area contributed by atoms with Gasteiger partial charge in [-0.15, -0.1) is 24.3 Å². The molecule has 2 rings (SSSR count). The van der Waals surface area contributed by atoms with Crippen molar-refractivity contribution in [2.24, 2.45) is 0 Å². The van der Waals surface area contributed by atoms with Gasteiger partial charge in [0.1, 0.15) is 0 Å². The zero-order valence-electron chi connectivity index (χ0n) is 9.26. The summed E-state index contributed by atoms with van der Waals surface area (Å²) in [5.74, 6) is 0. The SMILES string of the molecule is [CH2-]c1ccccc1.[CH2-]c1ccccc1.[Cl][Pt+2][Cl]. The first-order valence-electron chi connectivity index (χ1n) is 4.77. The van der Waals surface area contributed by atoms with Crippen LogP contribution in [-0.4, -0.2) is 0 Å². The molecule has 0 N–H and O–H groups in total. The van der Waals surface area contributed by atoms with Crippen molar-refractivity contribution in [3.05, 3.63) is 85.6 Å². The van der Waals surface area contributed by atoms with Gasteiger partial charge in [-0.2, -0.15) is 49.2 Å². The molecule has 2 aromatic carbocycles. The second-order valence-corrected chi connectivity index (χ2v) is 6.30. The molecule has 94 valence electrons. The zero-order valence-corrected chi connectivity index (χ0v) is 13.0. The summed E-state index contributed by atoms with van der Waals surface area (Å²) in [6, 6.07) is 19.7. The van der Waals surface area contributed by atoms with Crippen LogP contribution in [0.2, 0.25) is 0 Å². The molecule has 0 nitrogen and oxygen atoms in total. The molecule has 0 saturated carbocycles. The van der Waals surface area contributed by atoms with Crippen LogP contribution < -0.4 is 0 Å². The maximum atomic E-state index is 4.88. The van der Waals surface area contributed by atoms with Gasteiger partial charge in [-0.05, 0) is 0 Å². The topological polar surface area (TPSA) is 0 Å². The summed E-state index contributed by atoms with van der Waals surface area (Å²) in [4.78, 5) is 0. The first-order chi connectivity index (χ1) is 8.20. The molecule has 0 heterocycles. The van der Waals surface area contributed by atoms with Gasteiger partial charge in [0.15, 0.2) is 0 Å². The molecule has 0 aliphatic rings. The Balaban J connectivity index is 0.000000247. The van der Waals surface area contributed by atoms with E-state index in [1.54, 1.807) is 0 Å². The van der Waals surface area contributed by atoms with Crippen molar-refractivity contribution in [1.82, 2.24) is 0 Å². The molecule has 0 radical (unpaired) electrons. The van der Waals surface area contributed by atoms with E-state index >= 15 is 0 Å². The molecule has 17 heavy (non-hydrogen) atoms. The molecule has 0 saturated heterocycles. The summed E-state index contributed by atoms with van der Waals surface area (Å²) in [6.45, 7) is 7.44. The van der Waals surface area contributed by atoms with Crippen LogP contribution in [0.5, 0.6) is 0 Å². The molecule has 0 unspecified atom stereocenters. The third-order valence-electron chi connectivity index (χ3n) is 1.69. The average Bonchev–Trinajstić information content (AvgIpc) is 2.33. The Morgan fingerprint density at radius 2 is 0.882 bits per heavy atom. The summed E-state index contributed by atoms with van der Waals surface area (Å²) in [5.41, 5.74) is 2.14. The van der Waals surface area contributed by atoms with Crippen molar-refractivity contribution in [3.8, 4) is 0 Å². The average molecular weight is 448 g/mol. The standard InChI is InChI=1S/2C7H7.2ClH.Pt/c2*1-7-5-3-2-4-6-7;;;/h2*2-6H,1H2;2*1H;/q2*-1;;;+4/p-2. The molecule has 0 fully saturated rings. The second-order valence-electron chi connectivity index (χ2n) is 3.02. The molecule has 0 amide bonds. The van der Waals surface area contributed by atoms with Crippen molar-refractivity contribution < 1.29 is 16.5 Å². The summed E-state index contributed by atoms with van der Waals surface area (Å²) >= 11 is -0.472. The first-order valence-corrected chi connectivity index (χ1v) is 10.4. The molecule has 3 heteroatoms. The summed E-state index contributed by atoms with van der Waals surface area (Å²) in [7, 11) is 9.75. The van der Waals surface area contributed by atoms with Crippen molar-refractivity contribution in [1.29, 1.82) is 0 Å². The number of rotatable bonds is 0. The molecule has 0 aliphatic carbocycles. The molecule has 0 aromatic heterocycles. The van der Waals surface area contributed by atoms with Crippen molar-refractivity contribution >= 4 is 18.8 Å². The van der Waals surface area contributed by atoms with Gasteiger partial charge in [0.2, 0.25) is 0 Å². The summed E-state index contributed by atoms with van der Waals surface area (Å²) < 4.78 is 0. The third kappa shape index (κ3) is 11.7. The Morgan fingerprint density at radius 1 is 0.647 bits per heavy atom. The normalized spacial score (nSPS) is 8.35. The van der Waals surface area contributed by atoms with E-state index in [4.69, 9.17) is 18.8 Å². The van der Waals surface area contributed by atoms with Crippen LogP contribution in [0.4, 0.5) is 0 Å². The van der Waals surface area contributed by atoms with Crippen molar-refractivity contribution in [2.45, 2.75) is 0 Å². The van der Waals surface area contributed by atoms with Gasteiger partial charge in [0, 0.05) is 0 Å². The van der Waals surface area contributed by atoms with E-state index in [0.717, 1.165) is 11.1 Å². The van der Waals surface area contributed by atoms with Gasteiger partial charge in [-0.25, -0.2) is 0 Å². The monoisotopic (exact) mass is 447 g/mol. The summed E-state index contributed by atoms with van der Waals surface area (Å²) in [5, 5.41) is 0. The minimum atomic E-state index is -0.472. The number of benzene rings is 2. The van der Waals surface area contributed by atoms with Crippen molar-refractivity contribution in [3.63, 3.8) is 0 Å². The molecule has 0 bridgehead atoms. The number of hydrogen-bond donors (Lipinski definition) is 0. The molecule has 0 aliphatic heterocycles. The van der Waals surface area contributed by atoms with E-state index in [2.05, 4.69) is 13.8 Å². The van der Waals surface area contributed by atoms with Crippen LogP contribution in [-0.2, 0) is 16.5 Å². The summed E-state index contributed by atoms with van der Waals surface area (Å²) in [6.07, 6.45) is 0. The van der Waals surface area contributed by atoms with Crippen LogP contribution in [0.25, 0.3) is 0 Å². The van der Waals surface area contributed by atoms with Crippen LogP contribution in [0.15, 0.2) is 60.7 Å². The van der Waals surface area contributed by atoms with Gasteiger partial charge < -0.3 is 0 Å². The number of hydrogen-bond acceptors (Lipinski definition) is 0. The Labute approximate surface area is 120 Å². The van der Waals surface area contributed by atoms with E-state index in [-0.39, 0.29) is 0 Å². The predicted molar refractivity (Wildman–Crippen MR) is 73.5 cm³/mol. The quantitative estimate of drug-likeness (QED) is 0.492. The van der Waals surface area contributed by atoms with Crippen molar-refractivity contribution in [2.75, 3.05) is 0 Å².